The molecule has 0 unspecified atom stereocenters. The van der Waals surface area contributed by atoms with Crippen LogP contribution in [0, 0.1) is 13.8 Å². The predicted octanol–water partition coefficient (Wildman–Crippen LogP) is 4.10. The molecule has 28 heavy (non-hydrogen) atoms. The first-order valence-electron chi connectivity index (χ1n) is 8.72. The maximum absolute atomic E-state index is 11.2. The van der Waals surface area contributed by atoms with Crippen LogP contribution in [0.1, 0.15) is 27.4 Å². The molecule has 0 radical (unpaired) electrons. The number of aryl methyl sites for hydroxylation is 2. The first-order chi connectivity index (χ1) is 13.5. The van der Waals surface area contributed by atoms with Gasteiger partial charge in [0.2, 0.25) is 11.8 Å². The van der Waals surface area contributed by atoms with Gasteiger partial charge in [0.1, 0.15) is 11.3 Å². The number of carbonyl (C=O) groups is 1. The summed E-state index contributed by atoms with van der Waals surface area (Å²) in [6, 6.07) is 15.0. The van der Waals surface area contributed by atoms with E-state index in [-0.39, 0.29) is 5.56 Å². The van der Waals surface area contributed by atoms with Crippen LogP contribution in [0.15, 0.2) is 54.6 Å². The average Bonchev–Trinajstić information content (AvgIpc) is 2.65. The van der Waals surface area contributed by atoms with Crippen LogP contribution in [0.4, 0.5) is 5.95 Å². The van der Waals surface area contributed by atoms with Crippen LogP contribution in [-0.2, 0) is 0 Å². The van der Waals surface area contributed by atoms with Crippen LogP contribution in [0.25, 0.3) is 6.08 Å². The number of rotatable bonds is 7. The van der Waals surface area contributed by atoms with Gasteiger partial charge in [0.15, 0.2) is 0 Å². The summed E-state index contributed by atoms with van der Waals surface area (Å²) in [5.74, 6) is 0.606. The first kappa shape index (κ1) is 19.0. The number of hydrogen-bond acceptors (Lipinski definition) is 6. The van der Waals surface area contributed by atoms with Crippen LogP contribution in [0.3, 0.4) is 0 Å². The van der Waals surface area contributed by atoms with Crippen LogP contribution >= 0.6 is 0 Å². The third-order valence-corrected chi connectivity index (χ3v) is 3.86. The molecule has 3 rings (SSSR count). The largest absolute Gasteiger partial charge is 0.478 e. The Balaban J connectivity index is 1.61. The molecule has 3 aromatic rings. The van der Waals surface area contributed by atoms with E-state index < -0.39 is 5.97 Å². The molecule has 0 aliphatic heterocycles. The normalized spacial score (nSPS) is 10.8. The quantitative estimate of drug-likeness (QED) is 0.640. The molecule has 142 valence electrons. The summed E-state index contributed by atoms with van der Waals surface area (Å²) in [4.78, 5) is 24.0. The van der Waals surface area contributed by atoms with Crippen molar-refractivity contribution in [3.63, 3.8) is 0 Å². The fourth-order valence-corrected chi connectivity index (χ4v) is 2.62. The first-order valence-corrected chi connectivity index (χ1v) is 8.72. The minimum Gasteiger partial charge on any atom is -0.478 e. The number of pyridine rings is 1. The van der Waals surface area contributed by atoms with E-state index in [1.807, 2.05) is 54.6 Å². The lowest BCUT2D eigenvalue weighted by Gasteiger charge is -2.08. The molecule has 2 aromatic heterocycles. The van der Waals surface area contributed by atoms with Crippen molar-refractivity contribution in [3.8, 4) is 11.6 Å². The molecule has 0 bridgehead atoms. The summed E-state index contributed by atoms with van der Waals surface area (Å²) in [5, 5.41) is 12.2. The number of aromatic nitrogens is 3. The predicted molar refractivity (Wildman–Crippen MR) is 107 cm³/mol. The number of nitrogens with zero attached hydrogens (tertiary/aromatic N) is 3. The Kier molecular flexibility index (Phi) is 5.96. The van der Waals surface area contributed by atoms with E-state index >= 15 is 0 Å². The van der Waals surface area contributed by atoms with Crippen LogP contribution < -0.4 is 10.1 Å². The molecule has 0 atom stereocenters. The summed E-state index contributed by atoms with van der Waals surface area (Å²) >= 11 is 0. The monoisotopic (exact) mass is 376 g/mol. The highest BCUT2D eigenvalue weighted by Gasteiger charge is 2.14. The van der Waals surface area contributed by atoms with Gasteiger partial charge in [-0.15, -0.1) is 0 Å². The lowest BCUT2D eigenvalue weighted by molar-refractivity contribution is 0.0694. The van der Waals surface area contributed by atoms with Gasteiger partial charge in [-0.05, 0) is 38.1 Å². The van der Waals surface area contributed by atoms with Crippen molar-refractivity contribution in [1.29, 1.82) is 0 Å². The maximum atomic E-state index is 11.2. The number of carboxylic acids is 1. The van der Waals surface area contributed by atoms with Gasteiger partial charge in [0.05, 0.1) is 17.1 Å². The van der Waals surface area contributed by atoms with Crippen molar-refractivity contribution >= 4 is 18.0 Å². The number of carboxylic acid groups (broad SMARTS) is 1. The number of hydrogen-bond donors (Lipinski definition) is 2. The number of ether oxygens (including phenoxy) is 1. The zero-order valence-corrected chi connectivity index (χ0v) is 15.6. The second-order valence-corrected chi connectivity index (χ2v) is 6.00. The van der Waals surface area contributed by atoms with Crippen LogP contribution in [0.5, 0.6) is 11.6 Å². The molecule has 0 saturated carbocycles. The van der Waals surface area contributed by atoms with Gasteiger partial charge in [0, 0.05) is 12.6 Å². The molecular weight excluding hydrogens is 356 g/mol. The SMILES string of the molecule is Cc1nc(NC/C=C/c2cccc(Oc3ccccc3)n2)nc(C)c1C(=O)O. The summed E-state index contributed by atoms with van der Waals surface area (Å²) < 4.78 is 5.72. The third-order valence-electron chi connectivity index (χ3n) is 3.86. The highest BCUT2D eigenvalue weighted by molar-refractivity contribution is 5.90. The van der Waals surface area contributed by atoms with Crippen molar-refractivity contribution in [2.45, 2.75) is 13.8 Å². The smallest absolute Gasteiger partial charge is 0.339 e. The van der Waals surface area contributed by atoms with Gasteiger partial charge in [-0.2, -0.15) is 0 Å². The second kappa shape index (κ2) is 8.77. The lowest BCUT2D eigenvalue weighted by Crippen LogP contribution is -2.11. The van der Waals surface area contributed by atoms with Gasteiger partial charge in [-0.3, -0.25) is 0 Å². The second-order valence-electron chi connectivity index (χ2n) is 6.00. The zero-order valence-electron chi connectivity index (χ0n) is 15.6. The maximum Gasteiger partial charge on any atom is 0.339 e. The number of para-hydroxylation sites is 1. The molecule has 0 fully saturated rings. The Morgan fingerprint density at radius 3 is 2.43 bits per heavy atom. The number of anilines is 1. The van der Waals surface area contributed by atoms with Crippen LogP contribution in [-0.4, -0.2) is 32.6 Å². The molecule has 0 amide bonds. The zero-order chi connectivity index (χ0) is 19.9. The minimum absolute atomic E-state index is 0.139. The fraction of sp³-hybridized carbons (Fsp3) is 0.143. The Morgan fingerprint density at radius 1 is 1.04 bits per heavy atom. The van der Waals surface area contributed by atoms with E-state index in [0.717, 1.165) is 11.4 Å². The van der Waals surface area contributed by atoms with Crippen molar-refractivity contribution in [3.05, 3.63) is 77.3 Å². The molecule has 0 aliphatic rings. The molecule has 7 nitrogen and oxygen atoms in total. The van der Waals surface area contributed by atoms with E-state index in [4.69, 9.17) is 9.84 Å². The molecule has 0 aliphatic carbocycles. The van der Waals surface area contributed by atoms with Crippen molar-refractivity contribution in [1.82, 2.24) is 15.0 Å². The van der Waals surface area contributed by atoms with Gasteiger partial charge in [-0.1, -0.05) is 30.3 Å². The van der Waals surface area contributed by atoms with Gasteiger partial charge in [0.25, 0.3) is 0 Å². The van der Waals surface area contributed by atoms with E-state index in [1.165, 1.54) is 0 Å². The molecule has 1 aromatic carbocycles. The number of benzene rings is 1. The van der Waals surface area contributed by atoms with Gasteiger partial charge in [-0.25, -0.2) is 19.7 Å². The van der Waals surface area contributed by atoms with Crippen LogP contribution in [0.2, 0.25) is 0 Å². The molecule has 0 saturated heterocycles. The Hall–Kier alpha value is -3.74. The summed E-state index contributed by atoms with van der Waals surface area (Å²) in [7, 11) is 0. The van der Waals surface area contributed by atoms with E-state index in [1.54, 1.807) is 19.9 Å². The van der Waals surface area contributed by atoms with Crippen molar-refractivity contribution in [2.75, 3.05) is 11.9 Å². The third kappa shape index (κ3) is 4.91. The van der Waals surface area contributed by atoms with E-state index in [2.05, 4.69) is 20.3 Å². The number of aromatic carboxylic acids is 1. The average molecular weight is 376 g/mol. The molecular formula is C21H20N4O3. The Bertz CT molecular complexity index is 981. The van der Waals surface area contributed by atoms with E-state index in [9.17, 15) is 4.79 Å². The summed E-state index contributed by atoms with van der Waals surface area (Å²) in [6.07, 6.45) is 3.74. The van der Waals surface area contributed by atoms with Crippen molar-refractivity contribution in [2.24, 2.45) is 0 Å². The Labute approximate surface area is 162 Å². The van der Waals surface area contributed by atoms with Gasteiger partial charge < -0.3 is 15.2 Å². The molecule has 2 N–H and O–H groups in total. The standard InChI is InChI=1S/C21H20N4O3/c1-14-19(20(26)27)15(2)24-21(23-14)22-13-7-9-16-8-6-12-18(25-16)28-17-10-4-3-5-11-17/h3-12H,13H2,1-2H3,(H,26,27)(H,22,23,24)/b9-7+. The summed E-state index contributed by atoms with van der Waals surface area (Å²) in [5.41, 5.74) is 1.75. The van der Waals surface area contributed by atoms with E-state index in [0.29, 0.717) is 29.8 Å². The molecule has 2 heterocycles. The lowest BCUT2D eigenvalue weighted by atomic mass is 10.2. The fourth-order valence-electron chi connectivity index (χ4n) is 2.62. The minimum atomic E-state index is -1.02. The van der Waals surface area contributed by atoms with Crippen molar-refractivity contribution < 1.29 is 14.6 Å². The number of nitrogens with one attached hydrogen (secondary N) is 1. The molecule has 0 spiro atoms. The highest BCUT2D eigenvalue weighted by atomic mass is 16.5. The van der Waals surface area contributed by atoms with Gasteiger partial charge >= 0.3 is 5.97 Å². The Morgan fingerprint density at radius 2 is 1.75 bits per heavy atom. The topological polar surface area (TPSA) is 97.2 Å². The highest BCUT2D eigenvalue weighted by Crippen LogP contribution is 2.19. The molecule has 7 heteroatoms. The summed E-state index contributed by atoms with van der Waals surface area (Å²) in [6.45, 7) is 3.78.